The first-order valence-corrected chi connectivity index (χ1v) is 8.32. The molecule has 0 heterocycles. The second-order valence-corrected chi connectivity index (χ2v) is 6.17. The van der Waals surface area contributed by atoms with Gasteiger partial charge in [0.25, 0.3) is 5.91 Å². The highest BCUT2D eigenvalue weighted by atomic mass is 35.5. The number of hydrogen-bond donors (Lipinski definition) is 1. The van der Waals surface area contributed by atoms with E-state index in [0.717, 1.165) is 24.8 Å². The van der Waals surface area contributed by atoms with Crippen molar-refractivity contribution in [1.82, 2.24) is 5.32 Å². The normalized spacial score (nSPS) is 16.1. The van der Waals surface area contributed by atoms with Crippen LogP contribution in [0.5, 0.6) is 0 Å². The van der Waals surface area contributed by atoms with E-state index in [1.54, 1.807) is 24.3 Å². The predicted octanol–water partition coefficient (Wildman–Crippen LogP) is 3.69. The Morgan fingerprint density at radius 3 is 2.71 bits per heavy atom. The largest absolute Gasteiger partial charge is 0.452 e. The van der Waals surface area contributed by atoms with Gasteiger partial charge in [0.15, 0.2) is 6.61 Å². The Bertz CT molecular complexity index is 760. The zero-order chi connectivity index (χ0) is 16.9. The number of carbonyl (C=O) groups is 2. The molecule has 0 aliphatic heterocycles. The van der Waals surface area contributed by atoms with Crippen LogP contribution in [0.25, 0.3) is 0 Å². The van der Waals surface area contributed by atoms with E-state index in [9.17, 15) is 9.59 Å². The summed E-state index contributed by atoms with van der Waals surface area (Å²) in [5.74, 6) is -0.906. The molecule has 1 atom stereocenters. The number of ether oxygens (including phenoxy) is 1. The number of fused-ring (bicyclic) bond motifs is 1. The summed E-state index contributed by atoms with van der Waals surface area (Å²) in [5.41, 5.74) is 2.67. The van der Waals surface area contributed by atoms with Crippen LogP contribution in [0.2, 0.25) is 5.02 Å². The van der Waals surface area contributed by atoms with Crippen LogP contribution in [-0.2, 0) is 16.0 Å². The maximum absolute atomic E-state index is 12.1. The van der Waals surface area contributed by atoms with Gasteiger partial charge in [0.05, 0.1) is 16.6 Å². The summed E-state index contributed by atoms with van der Waals surface area (Å²) in [7, 11) is 0. The molecule has 24 heavy (non-hydrogen) atoms. The third-order valence-corrected chi connectivity index (χ3v) is 4.46. The zero-order valence-corrected chi connectivity index (χ0v) is 13.9. The summed E-state index contributed by atoms with van der Waals surface area (Å²) >= 11 is 5.94. The van der Waals surface area contributed by atoms with Crippen LogP contribution in [0, 0.1) is 0 Å². The van der Waals surface area contributed by atoms with Crippen molar-refractivity contribution in [3.05, 3.63) is 70.2 Å². The van der Waals surface area contributed by atoms with Crippen LogP contribution >= 0.6 is 11.6 Å². The van der Waals surface area contributed by atoms with Crippen LogP contribution in [0.3, 0.4) is 0 Å². The van der Waals surface area contributed by atoms with Crippen molar-refractivity contribution in [1.29, 1.82) is 0 Å². The quantitative estimate of drug-likeness (QED) is 0.861. The van der Waals surface area contributed by atoms with Gasteiger partial charge in [0.1, 0.15) is 0 Å². The fourth-order valence-corrected chi connectivity index (χ4v) is 3.19. The predicted molar refractivity (Wildman–Crippen MR) is 92.0 cm³/mol. The smallest absolute Gasteiger partial charge is 0.340 e. The maximum Gasteiger partial charge on any atom is 0.340 e. The van der Waals surface area contributed by atoms with Crippen molar-refractivity contribution in [2.24, 2.45) is 0 Å². The third-order valence-electron chi connectivity index (χ3n) is 4.13. The molecule has 0 aromatic heterocycles. The molecule has 0 saturated heterocycles. The van der Waals surface area contributed by atoms with E-state index in [0.29, 0.717) is 5.02 Å². The molecule has 0 saturated carbocycles. The van der Waals surface area contributed by atoms with Gasteiger partial charge in [-0.15, -0.1) is 0 Å². The van der Waals surface area contributed by atoms with Crippen molar-refractivity contribution in [2.75, 3.05) is 6.61 Å². The van der Waals surface area contributed by atoms with Crippen LogP contribution in [0.15, 0.2) is 48.5 Å². The molecule has 0 fully saturated rings. The molecular weight excluding hydrogens is 326 g/mol. The molecule has 2 aromatic rings. The highest BCUT2D eigenvalue weighted by molar-refractivity contribution is 6.33. The molecule has 4 nitrogen and oxygen atoms in total. The van der Waals surface area contributed by atoms with Crippen LogP contribution in [0.4, 0.5) is 0 Å². The average molecular weight is 344 g/mol. The molecular formula is C19H18ClNO3. The summed E-state index contributed by atoms with van der Waals surface area (Å²) in [6, 6.07) is 14.7. The second-order valence-electron chi connectivity index (χ2n) is 5.77. The minimum Gasteiger partial charge on any atom is -0.452 e. The molecule has 1 amide bonds. The number of rotatable bonds is 4. The summed E-state index contributed by atoms with van der Waals surface area (Å²) < 4.78 is 5.06. The summed E-state index contributed by atoms with van der Waals surface area (Å²) in [4.78, 5) is 24.1. The van der Waals surface area contributed by atoms with Gasteiger partial charge in [-0.2, -0.15) is 0 Å². The summed E-state index contributed by atoms with van der Waals surface area (Å²) in [6.07, 6.45) is 2.95. The lowest BCUT2D eigenvalue weighted by Crippen LogP contribution is -2.34. The Kier molecular flexibility index (Phi) is 5.16. The molecule has 2 aromatic carbocycles. The maximum atomic E-state index is 12.1. The highest BCUT2D eigenvalue weighted by Crippen LogP contribution is 2.29. The lowest BCUT2D eigenvalue weighted by Gasteiger charge is -2.26. The number of benzene rings is 2. The van der Waals surface area contributed by atoms with E-state index >= 15 is 0 Å². The SMILES string of the molecule is O=C(COC(=O)c1ccccc1Cl)NC1CCCc2ccccc21. The third kappa shape index (κ3) is 3.77. The molecule has 3 rings (SSSR count). The number of aryl methyl sites for hydroxylation is 1. The van der Waals surface area contributed by atoms with Crippen LogP contribution in [-0.4, -0.2) is 18.5 Å². The molecule has 124 valence electrons. The topological polar surface area (TPSA) is 55.4 Å². The second kappa shape index (κ2) is 7.49. The Morgan fingerprint density at radius 2 is 1.88 bits per heavy atom. The molecule has 0 radical (unpaired) electrons. The van der Waals surface area contributed by atoms with Crippen molar-refractivity contribution in [3.63, 3.8) is 0 Å². The number of halogens is 1. The number of nitrogens with one attached hydrogen (secondary N) is 1. The van der Waals surface area contributed by atoms with E-state index in [4.69, 9.17) is 16.3 Å². The molecule has 1 aliphatic carbocycles. The Labute approximate surface area is 145 Å². The van der Waals surface area contributed by atoms with Crippen molar-refractivity contribution >= 4 is 23.5 Å². The monoisotopic (exact) mass is 343 g/mol. The number of amides is 1. The molecule has 0 bridgehead atoms. The summed E-state index contributed by atoms with van der Waals surface area (Å²) in [6.45, 7) is -0.317. The molecule has 0 spiro atoms. The lowest BCUT2D eigenvalue weighted by molar-refractivity contribution is -0.125. The number of hydrogen-bond acceptors (Lipinski definition) is 3. The van der Waals surface area contributed by atoms with Crippen molar-refractivity contribution in [2.45, 2.75) is 25.3 Å². The Hall–Kier alpha value is -2.33. The van der Waals surface area contributed by atoms with E-state index < -0.39 is 5.97 Å². The molecule has 1 aliphatic rings. The summed E-state index contributed by atoms with van der Waals surface area (Å²) in [5, 5.41) is 3.26. The average Bonchev–Trinajstić information content (AvgIpc) is 2.60. The van der Waals surface area contributed by atoms with Gasteiger partial charge in [-0.25, -0.2) is 4.79 Å². The van der Waals surface area contributed by atoms with Gasteiger partial charge in [-0.05, 0) is 42.5 Å². The van der Waals surface area contributed by atoms with Gasteiger partial charge < -0.3 is 10.1 Å². The standard InChI is InChI=1S/C19H18ClNO3/c20-16-10-4-3-9-15(16)19(23)24-12-18(22)21-17-11-5-7-13-6-1-2-8-14(13)17/h1-4,6,8-10,17H,5,7,11-12H2,(H,21,22). The fraction of sp³-hybridized carbons (Fsp3) is 0.263. The number of carbonyl (C=O) groups excluding carboxylic acids is 2. The number of esters is 1. The zero-order valence-electron chi connectivity index (χ0n) is 13.1. The molecule has 5 heteroatoms. The van der Waals surface area contributed by atoms with Crippen molar-refractivity contribution < 1.29 is 14.3 Å². The van der Waals surface area contributed by atoms with Gasteiger partial charge >= 0.3 is 5.97 Å². The van der Waals surface area contributed by atoms with Gasteiger partial charge in [0, 0.05) is 0 Å². The molecule has 1 unspecified atom stereocenters. The first-order valence-electron chi connectivity index (χ1n) is 7.94. The Balaban J connectivity index is 1.57. The van der Waals surface area contributed by atoms with E-state index in [-0.39, 0.29) is 24.1 Å². The Morgan fingerprint density at radius 1 is 1.12 bits per heavy atom. The van der Waals surface area contributed by atoms with E-state index in [2.05, 4.69) is 11.4 Å². The fourth-order valence-electron chi connectivity index (χ4n) is 2.98. The van der Waals surface area contributed by atoms with Gasteiger partial charge in [-0.3, -0.25) is 4.79 Å². The van der Waals surface area contributed by atoms with E-state index in [1.165, 1.54) is 5.56 Å². The van der Waals surface area contributed by atoms with Crippen LogP contribution in [0.1, 0.15) is 40.4 Å². The van der Waals surface area contributed by atoms with Crippen LogP contribution < -0.4 is 5.32 Å². The van der Waals surface area contributed by atoms with Gasteiger partial charge in [-0.1, -0.05) is 48.0 Å². The van der Waals surface area contributed by atoms with Crippen molar-refractivity contribution in [3.8, 4) is 0 Å². The lowest BCUT2D eigenvalue weighted by atomic mass is 9.88. The minimum absolute atomic E-state index is 0.0264. The minimum atomic E-state index is -0.597. The van der Waals surface area contributed by atoms with E-state index in [1.807, 2.05) is 18.2 Å². The van der Waals surface area contributed by atoms with Gasteiger partial charge in [0.2, 0.25) is 0 Å². The molecule has 1 N–H and O–H groups in total. The first kappa shape index (κ1) is 16.5. The highest BCUT2D eigenvalue weighted by Gasteiger charge is 2.22. The first-order chi connectivity index (χ1) is 11.6.